The Morgan fingerprint density at radius 1 is 0.825 bits per heavy atom. The number of benzene rings is 4. The van der Waals surface area contributed by atoms with Gasteiger partial charge in [-0.3, -0.25) is 14.4 Å². The van der Waals surface area contributed by atoms with Crippen LogP contribution in [0, 0.1) is 13.8 Å². The smallest absolute Gasteiger partial charge is 0.272 e. The van der Waals surface area contributed by atoms with Gasteiger partial charge >= 0.3 is 0 Å². The molecule has 0 spiro atoms. The highest BCUT2D eigenvalue weighted by Crippen LogP contribution is 2.23. The Hall–Kier alpha value is -4.14. The van der Waals surface area contributed by atoms with E-state index in [9.17, 15) is 14.4 Å². The van der Waals surface area contributed by atoms with Crippen LogP contribution in [0.2, 0.25) is 0 Å². The molecule has 8 heteroatoms. The first kappa shape index (κ1) is 28.9. The summed E-state index contributed by atoms with van der Waals surface area (Å²) in [6.07, 6.45) is 1.62. The Morgan fingerprint density at radius 3 is 2.27 bits per heavy atom. The van der Waals surface area contributed by atoms with Crippen LogP contribution in [0.5, 0.6) is 0 Å². The van der Waals surface area contributed by atoms with Crippen molar-refractivity contribution in [2.45, 2.75) is 18.7 Å². The first-order valence-electron chi connectivity index (χ1n) is 12.5. The first-order chi connectivity index (χ1) is 19.3. The normalized spacial score (nSPS) is 11.0. The molecule has 0 aromatic heterocycles. The van der Waals surface area contributed by atoms with Gasteiger partial charge in [0.05, 0.1) is 5.75 Å². The molecule has 0 unspecified atom stereocenters. The fraction of sp³-hybridized carbons (Fsp3) is 0.0938. The molecule has 0 heterocycles. The second-order valence-electron chi connectivity index (χ2n) is 9.00. The van der Waals surface area contributed by atoms with E-state index in [1.54, 1.807) is 42.5 Å². The highest BCUT2D eigenvalue weighted by atomic mass is 79.9. The van der Waals surface area contributed by atoms with Crippen molar-refractivity contribution in [3.05, 3.63) is 129 Å². The van der Waals surface area contributed by atoms with Gasteiger partial charge < -0.3 is 16.0 Å². The third-order valence-electron chi connectivity index (χ3n) is 6.05. The molecule has 4 rings (SSSR count). The predicted octanol–water partition coefficient (Wildman–Crippen LogP) is 7.21. The summed E-state index contributed by atoms with van der Waals surface area (Å²) in [5.74, 6) is -0.683. The summed E-state index contributed by atoms with van der Waals surface area (Å²) >= 11 is 4.84. The van der Waals surface area contributed by atoms with Gasteiger partial charge in [-0.25, -0.2) is 0 Å². The van der Waals surface area contributed by atoms with Crippen molar-refractivity contribution >= 4 is 62.9 Å². The minimum absolute atomic E-state index is 0.0902. The van der Waals surface area contributed by atoms with Crippen LogP contribution >= 0.6 is 27.7 Å². The van der Waals surface area contributed by atoms with Crippen molar-refractivity contribution in [3.63, 3.8) is 0 Å². The van der Waals surface area contributed by atoms with Crippen molar-refractivity contribution in [2.24, 2.45) is 0 Å². The van der Waals surface area contributed by atoms with E-state index in [0.717, 1.165) is 31.7 Å². The molecule has 6 nitrogen and oxygen atoms in total. The van der Waals surface area contributed by atoms with Crippen LogP contribution in [0.25, 0.3) is 6.08 Å². The molecule has 202 valence electrons. The molecule has 0 atom stereocenters. The average Bonchev–Trinajstić information content (AvgIpc) is 2.95. The molecular formula is C32H28BrN3O3S. The second-order valence-corrected chi connectivity index (χ2v) is 11.0. The Bertz CT molecular complexity index is 1550. The third-order valence-corrected chi connectivity index (χ3v) is 7.55. The van der Waals surface area contributed by atoms with Crippen LogP contribution in [0.15, 0.2) is 112 Å². The Morgan fingerprint density at radius 2 is 1.55 bits per heavy atom. The predicted molar refractivity (Wildman–Crippen MR) is 166 cm³/mol. The largest absolute Gasteiger partial charge is 0.325 e. The summed E-state index contributed by atoms with van der Waals surface area (Å²) in [7, 11) is 0. The summed E-state index contributed by atoms with van der Waals surface area (Å²) in [6, 6.07) is 29.2. The molecule has 0 saturated carbocycles. The summed E-state index contributed by atoms with van der Waals surface area (Å²) < 4.78 is 0.853. The number of anilines is 2. The van der Waals surface area contributed by atoms with Crippen molar-refractivity contribution in [1.82, 2.24) is 5.32 Å². The van der Waals surface area contributed by atoms with Gasteiger partial charge in [0.2, 0.25) is 5.91 Å². The molecule has 3 amide bonds. The molecule has 4 aromatic rings. The number of nitrogens with one attached hydrogen (secondary N) is 3. The van der Waals surface area contributed by atoms with Crippen LogP contribution in [0.1, 0.15) is 27.0 Å². The van der Waals surface area contributed by atoms with Gasteiger partial charge in [0, 0.05) is 26.3 Å². The zero-order valence-electron chi connectivity index (χ0n) is 22.0. The SMILES string of the molecule is Cc1cccc(NC(=O)CSc2ccc(NC(=O)/C(=C/c3cccc(Br)c3)NC(=O)c3ccccc3)cc2)c1C. The third kappa shape index (κ3) is 8.18. The molecule has 0 saturated heterocycles. The van der Waals surface area contributed by atoms with Gasteiger partial charge in [0.1, 0.15) is 5.70 Å². The van der Waals surface area contributed by atoms with E-state index >= 15 is 0 Å². The number of aryl methyl sites for hydroxylation is 1. The molecule has 3 N–H and O–H groups in total. The molecule has 0 aliphatic heterocycles. The highest BCUT2D eigenvalue weighted by Gasteiger charge is 2.15. The molecular weight excluding hydrogens is 586 g/mol. The quantitative estimate of drug-likeness (QED) is 0.137. The average molecular weight is 615 g/mol. The number of hydrogen-bond acceptors (Lipinski definition) is 4. The van der Waals surface area contributed by atoms with Gasteiger partial charge in [-0.2, -0.15) is 0 Å². The number of carbonyl (C=O) groups is 3. The zero-order chi connectivity index (χ0) is 28.5. The van der Waals surface area contributed by atoms with E-state index < -0.39 is 5.91 Å². The van der Waals surface area contributed by atoms with Gasteiger partial charge in [-0.15, -0.1) is 11.8 Å². The molecule has 0 fully saturated rings. The number of halogens is 1. The van der Waals surface area contributed by atoms with Gasteiger partial charge in [-0.1, -0.05) is 58.4 Å². The van der Waals surface area contributed by atoms with E-state index in [-0.39, 0.29) is 23.3 Å². The fourth-order valence-electron chi connectivity index (χ4n) is 3.76. The molecule has 0 aliphatic carbocycles. The molecule has 0 aliphatic rings. The maximum absolute atomic E-state index is 13.2. The highest BCUT2D eigenvalue weighted by molar-refractivity contribution is 9.10. The molecule has 40 heavy (non-hydrogen) atoms. The van der Waals surface area contributed by atoms with Crippen molar-refractivity contribution in [3.8, 4) is 0 Å². The molecule has 4 aromatic carbocycles. The monoisotopic (exact) mass is 613 g/mol. The summed E-state index contributed by atoms with van der Waals surface area (Å²) in [5.41, 5.74) is 4.84. The number of amides is 3. The van der Waals surface area contributed by atoms with Gasteiger partial charge in [0.25, 0.3) is 11.8 Å². The zero-order valence-corrected chi connectivity index (χ0v) is 24.4. The van der Waals surface area contributed by atoms with Crippen LogP contribution in [0.4, 0.5) is 11.4 Å². The lowest BCUT2D eigenvalue weighted by atomic mass is 10.1. The van der Waals surface area contributed by atoms with Crippen LogP contribution in [-0.2, 0) is 9.59 Å². The second kappa shape index (κ2) is 13.8. The van der Waals surface area contributed by atoms with Crippen molar-refractivity contribution in [1.29, 1.82) is 0 Å². The summed E-state index contributed by atoms with van der Waals surface area (Å²) in [5, 5.41) is 8.55. The van der Waals surface area contributed by atoms with E-state index in [4.69, 9.17) is 0 Å². The lowest BCUT2D eigenvalue weighted by Crippen LogP contribution is -2.30. The van der Waals surface area contributed by atoms with Gasteiger partial charge in [0.15, 0.2) is 0 Å². The van der Waals surface area contributed by atoms with E-state index in [0.29, 0.717) is 11.3 Å². The van der Waals surface area contributed by atoms with Crippen molar-refractivity contribution in [2.75, 3.05) is 16.4 Å². The fourth-order valence-corrected chi connectivity index (χ4v) is 4.88. The lowest BCUT2D eigenvalue weighted by molar-refractivity contribution is -0.114. The standard InChI is InChI=1S/C32H28BrN3O3S/c1-21-8-6-13-28(22(21)2)35-30(37)20-40-27-16-14-26(15-17-27)34-32(39)29(19-23-9-7-12-25(33)18-23)36-31(38)24-10-4-3-5-11-24/h3-19H,20H2,1-2H3,(H,34,39)(H,35,37)(H,36,38)/b29-19-. The number of carbonyl (C=O) groups excluding carboxylic acids is 3. The number of hydrogen-bond donors (Lipinski definition) is 3. The molecule has 0 radical (unpaired) electrons. The minimum atomic E-state index is -0.461. The van der Waals surface area contributed by atoms with Crippen LogP contribution in [-0.4, -0.2) is 23.5 Å². The van der Waals surface area contributed by atoms with Gasteiger partial charge in [-0.05, 0) is 91.2 Å². The van der Waals surface area contributed by atoms with Crippen molar-refractivity contribution < 1.29 is 14.4 Å². The summed E-state index contributed by atoms with van der Waals surface area (Å²) in [4.78, 5) is 39.4. The van der Waals surface area contributed by atoms with E-state index in [2.05, 4.69) is 31.9 Å². The number of thioether (sulfide) groups is 1. The number of rotatable bonds is 9. The maximum Gasteiger partial charge on any atom is 0.272 e. The maximum atomic E-state index is 13.2. The van der Waals surface area contributed by atoms with E-state index in [1.165, 1.54) is 11.8 Å². The van der Waals surface area contributed by atoms with Crippen LogP contribution in [0.3, 0.4) is 0 Å². The van der Waals surface area contributed by atoms with E-state index in [1.807, 2.05) is 74.5 Å². The Labute approximate surface area is 246 Å². The minimum Gasteiger partial charge on any atom is -0.325 e. The van der Waals surface area contributed by atoms with Crippen LogP contribution < -0.4 is 16.0 Å². The summed E-state index contributed by atoms with van der Waals surface area (Å²) in [6.45, 7) is 3.99. The Kier molecular flexibility index (Phi) is 9.94. The Balaban J connectivity index is 1.41. The lowest BCUT2D eigenvalue weighted by Gasteiger charge is -2.12. The topological polar surface area (TPSA) is 87.3 Å². The molecule has 0 bridgehead atoms. The first-order valence-corrected chi connectivity index (χ1v) is 14.3.